The molecule has 0 spiro atoms. The molecule has 96 valence electrons. The first-order chi connectivity index (χ1) is 9.24. The van der Waals surface area contributed by atoms with Crippen LogP contribution in [0.2, 0.25) is 0 Å². The molecule has 2 N–H and O–H groups in total. The summed E-state index contributed by atoms with van der Waals surface area (Å²) in [5.74, 6) is -0.0984. The second kappa shape index (κ2) is 4.78. The minimum Gasteiger partial charge on any atom is -0.327 e. The molecule has 0 bridgehead atoms. The van der Waals surface area contributed by atoms with Gasteiger partial charge >= 0.3 is 0 Å². The van der Waals surface area contributed by atoms with Crippen LogP contribution in [-0.2, 0) is 4.79 Å². The van der Waals surface area contributed by atoms with E-state index in [1.807, 2.05) is 18.2 Å². The van der Waals surface area contributed by atoms with E-state index >= 15 is 0 Å². The Morgan fingerprint density at radius 2 is 2.32 bits per heavy atom. The first kappa shape index (κ1) is 11.8. The molecular weight excluding hydrogens is 240 g/mol. The van der Waals surface area contributed by atoms with Crippen LogP contribution < -0.4 is 10.6 Å². The van der Waals surface area contributed by atoms with E-state index in [-0.39, 0.29) is 11.9 Å². The summed E-state index contributed by atoms with van der Waals surface area (Å²) in [5, 5.41) is 5.87. The third-order valence-corrected chi connectivity index (χ3v) is 3.16. The normalized spacial score (nSPS) is 22.8. The van der Waals surface area contributed by atoms with Gasteiger partial charge in [0, 0.05) is 24.6 Å². The van der Waals surface area contributed by atoms with Gasteiger partial charge in [-0.15, -0.1) is 0 Å². The number of hydrogen-bond acceptors (Lipinski definition) is 4. The van der Waals surface area contributed by atoms with Gasteiger partial charge in [0.15, 0.2) is 0 Å². The van der Waals surface area contributed by atoms with Crippen LogP contribution in [0.5, 0.6) is 0 Å². The van der Waals surface area contributed by atoms with E-state index in [9.17, 15) is 4.79 Å². The molecule has 19 heavy (non-hydrogen) atoms. The summed E-state index contributed by atoms with van der Waals surface area (Å²) in [4.78, 5) is 20.4. The van der Waals surface area contributed by atoms with Crippen molar-refractivity contribution in [2.24, 2.45) is 4.99 Å². The molecule has 5 nitrogen and oxygen atoms in total. The molecule has 0 radical (unpaired) electrons. The monoisotopic (exact) mass is 254 g/mol. The fraction of sp³-hybridized carbons (Fsp3) is 0.214. The zero-order valence-corrected chi connectivity index (χ0v) is 10.4. The van der Waals surface area contributed by atoms with E-state index in [2.05, 4.69) is 27.2 Å². The number of pyridine rings is 1. The van der Waals surface area contributed by atoms with Crippen molar-refractivity contribution < 1.29 is 4.79 Å². The number of nitrogens with one attached hydrogen (secondary N) is 2. The van der Waals surface area contributed by atoms with E-state index in [1.165, 1.54) is 0 Å². The van der Waals surface area contributed by atoms with Gasteiger partial charge in [-0.05, 0) is 23.3 Å². The molecule has 0 saturated carbocycles. The Balaban J connectivity index is 1.79. The Bertz CT molecular complexity index is 589. The predicted octanol–water partition coefficient (Wildman–Crippen LogP) is 0.521. The van der Waals surface area contributed by atoms with Gasteiger partial charge in [-0.25, -0.2) is 0 Å². The molecule has 2 aliphatic heterocycles. The second-order valence-corrected chi connectivity index (χ2v) is 4.56. The predicted molar refractivity (Wildman–Crippen MR) is 73.6 cm³/mol. The van der Waals surface area contributed by atoms with E-state index in [1.54, 1.807) is 12.4 Å². The summed E-state index contributed by atoms with van der Waals surface area (Å²) < 4.78 is 0. The average molecular weight is 254 g/mol. The zero-order chi connectivity index (χ0) is 13.2. The van der Waals surface area contributed by atoms with Crippen LogP contribution >= 0.6 is 0 Å². The molecule has 3 heterocycles. The fourth-order valence-corrected chi connectivity index (χ4v) is 2.20. The van der Waals surface area contributed by atoms with Gasteiger partial charge in [0.25, 0.3) is 0 Å². The highest BCUT2D eigenvalue weighted by Gasteiger charge is 2.29. The maximum Gasteiger partial charge on any atom is 0.247 e. The van der Waals surface area contributed by atoms with Crippen LogP contribution in [0.3, 0.4) is 0 Å². The standard InChI is InChI=1S/C14H14N4O/c1-9-6-17-13(14(19)18-9)12-5-11(8-16-12)10-3-2-4-15-7-10/h2-5,7,13,17H,1,6,8H2,(H,18,19). The molecule has 0 aromatic carbocycles. The summed E-state index contributed by atoms with van der Waals surface area (Å²) in [5.41, 5.74) is 3.59. The third-order valence-electron chi connectivity index (χ3n) is 3.16. The molecule has 5 heteroatoms. The Morgan fingerprint density at radius 3 is 3.05 bits per heavy atom. The van der Waals surface area contributed by atoms with Crippen LogP contribution in [0.15, 0.2) is 47.9 Å². The van der Waals surface area contributed by atoms with Gasteiger partial charge in [-0.2, -0.15) is 0 Å². The Kier molecular flexibility index (Phi) is 2.97. The molecule has 1 unspecified atom stereocenters. The van der Waals surface area contributed by atoms with Crippen molar-refractivity contribution >= 4 is 17.2 Å². The highest BCUT2D eigenvalue weighted by Crippen LogP contribution is 2.19. The molecule has 1 amide bonds. The minimum atomic E-state index is -0.389. The van der Waals surface area contributed by atoms with Gasteiger partial charge in [-0.1, -0.05) is 12.6 Å². The van der Waals surface area contributed by atoms with E-state index in [4.69, 9.17) is 0 Å². The van der Waals surface area contributed by atoms with Crippen molar-refractivity contribution in [1.82, 2.24) is 15.6 Å². The van der Waals surface area contributed by atoms with Gasteiger partial charge in [-0.3, -0.25) is 20.1 Å². The number of carbonyl (C=O) groups excluding carboxylic acids is 1. The Hall–Kier alpha value is -2.27. The number of amides is 1. The van der Waals surface area contributed by atoms with E-state index < -0.39 is 0 Å². The number of aromatic nitrogens is 1. The summed E-state index contributed by atoms with van der Waals surface area (Å²) in [6.07, 6.45) is 5.51. The van der Waals surface area contributed by atoms with Crippen molar-refractivity contribution in [2.75, 3.05) is 13.1 Å². The van der Waals surface area contributed by atoms with Crippen LogP contribution in [0, 0.1) is 0 Å². The quantitative estimate of drug-likeness (QED) is 0.808. The number of nitrogens with zero attached hydrogens (tertiary/aromatic N) is 2. The van der Waals surface area contributed by atoms with Crippen molar-refractivity contribution in [2.45, 2.75) is 6.04 Å². The van der Waals surface area contributed by atoms with Crippen LogP contribution in [0.25, 0.3) is 5.57 Å². The molecule has 1 aromatic rings. The van der Waals surface area contributed by atoms with Gasteiger partial charge in [0.2, 0.25) is 5.91 Å². The number of piperazine rings is 1. The second-order valence-electron chi connectivity index (χ2n) is 4.56. The van der Waals surface area contributed by atoms with Crippen LogP contribution in [-0.4, -0.2) is 35.7 Å². The average Bonchev–Trinajstić information content (AvgIpc) is 2.89. The van der Waals surface area contributed by atoms with Gasteiger partial charge < -0.3 is 5.32 Å². The Morgan fingerprint density at radius 1 is 1.42 bits per heavy atom. The SMILES string of the molecule is C=C1CNC(C2=NCC(c3cccnc3)=C2)C(=O)N1. The van der Waals surface area contributed by atoms with Crippen molar-refractivity contribution in [3.63, 3.8) is 0 Å². The number of aliphatic imine (C=N–C) groups is 1. The molecule has 1 fully saturated rings. The summed E-state index contributed by atoms with van der Waals surface area (Å²) in [7, 11) is 0. The zero-order valence-electron chi connectivity index (χ0n) is 10.4. The minimum absolute atomic E-state index is 0.0984. The van der Waals surface area contributed by atoms with Crippen LogP contribution in [0.4, 0.5) is 0 Å². The van der Waals surface area contributed by atoms with Gasteiger partial charge in [0.1, 0.15) is 6.04 Å². The smallest absolute Gasteiger partial charge is 0.247 e. The Labute approximate surface area is 111 Å². The van der Waals surface area contributed by atoms with Gasteiger partial charge in [0.05, 0.1) is 12.3 Å². The lowest BCUT2D eigenvalue weighted by Gasteiger charge is -2.24. The van der Waals surface area contributed by atoms with E-state index in [0.29, 0.717) is 18.8 Å². The van der Waals surface area contributed by atoms with Crippen molar-refractivity contribution in [3.8, 4) is 0 Å². The topological polar surface area (TPSA) is 66.4 Å². The number of carbonyl (C=O) groups is 1. The highest BCUT2D eigenvalue weighted by molar-refractivity contribution is 6.18. The maximum absolute atomic E-state index is 11.9. The van der Waals surface area contributed by atoms with Crippen molar-refractivity contribution in [3.05, 3.63) is 48.4 Å². The van der Waals surface area contributed by atoms with E-state index in [0.717, 1.165) is 16.8 Å². The lowest BCUT2D eigenvalue weighted by atomic mass is 10.0. The molecule has 1 aromatic heterocycles. The fourth-order valence-electron chi connectivity index (χ4n) is 2.20. The van der Waals surface area contributed by atoms with Crippen LogP contribution in [0.1, 0.15) is 5.56 Å². The lowest BCUT2D eigenvalue weighted by Crippen LogP contribution is -2.54. The summed E-state index contributed by atoms with van der Waals surface area (Å²) in [6, 6.07) is 3.50. The largest absolute Gasteiger partial charge is 0.327 e. The number of rotatable bonds is 2. The molecule has 2 aliphatic rings. The molecule has 3 rings (SSSR count). The van der Waals surface area contributed by atoms with Crippen molar-refractivity contribution in [1.29, 1.82) is 0 Å². The molecule has 1 saturated heterocycles. The highest BCUT2D eigenvalue weighted by atomic mass is 16.2. The summed E-state index contributed by atoms with van der Waals surface area (Å²) >= 11 is 0. The lowest BCUT2D eigenvalue weighted by molar-refractivity contribution is -0.121. The maximum atomic E-state index is 11.9. The first-order valence-electron chi connectivity index (χ1n) is 6.11. The number of hydrogen-bond donors (Lipinski definition) is 2. The summed E-state index contributed by atoms with van der Waals surface area (Å²) in [6.45, 7) is 4.90. The first-order valence-corrected chi connectivity index (χ1v) is 6.11. The molecule has 1 atom stereocenters. The molecule has 0 aliphatic carbocycles. The third kappa shape index (κ3) is 2.32. The molecular formula is C14H14N4O.